The Hall–Kier alpha value is -1.49. The largest absolute Gasteiger partial charge is 0.301 e. The third-order valence-corrected chi connectivity index (χ3v) is 4.05. The molecule has 0 bridgehead atoms. The lowest BCUT2D eigenvalue weighted by Crippen LogP contribution is -2.38. The topological polar surface area (TPSA) is 46.3 Å². The number of hydrogen-bond donors (Lipinski definition) is 0. The molecule has 2 aromatic heterocycles. The minimum absolute atomic E-state index is 0.485. The van der Waals surface area contributed by atoms with E-state index in [0.717, 1.165) is 43.1 Å². The lowest BCUT2D eigenvalue weighted by atomic mass is 9.95. The van der Waals surface area contributed by atoms with Crippen LogP contribution in [0.1, 0.15) is 44.1 Å². The Bertz CT molecular complexity index is 566. The maximum Gasteiger partial charge on any atom is 0.177 e. The monoisotopic (exact) mass is 259 g/mol. The molecule has 0 aromatic carbocycles. The van der Waals surface area contributed by atoms with Gasteiger partial charge in [-0.05, 0) is 58.8 Å². The van der Waals surface area contributed by atoms with E-state index >= 15 is 0 Å². The zero-order valence-corrected chi connectivity index (χ0v) is 11.9. The quantitative estimate of drug-likeness (QED) is 0.828. The molecule has 0 unspecified atom stereocenters. The fourth-order valence-corrected chi connectivity index (χ4v) is 2.83. The van der Waals surface area contributed by atoms with Crippen LogP contribution in [0, 0.1) is 6.92 Å². The maximum atomic E-state index is 4.54. The van der Waals surface area contributed by atoms with Gasteiger partial charge >= 0.3 is 0 Å². The normalized spacial score (nSPS) is 18.5. The van der Waals surface area contributed by atoms with Crippen molar-refractivity contribution in [2.75, 3.05) is 13.1 Å². The van der Waals surface area contributed by atoms with E-state index in [0.29, 0.717) is 12.0 Å². The first-order valence-electron chi connectivity index (χ1n) is 7.08. The average molecular weight is 259 g/mol. The summed E-state index contributed by atoms with van der Waals surface area (Å²) in [6, 6.07) is 4.61. The average Bonchev–Trinajstić information content (AvgIpc) is 2.81. The van der Waals surface area contributed by atoms with Crippen molar-refractivity contribution in [1.82, 2.24) is 24.7 Å². The van der Waals surface area contributed by atoms with Gasteiger partial charge in [-0.3, -0.25) is 0 Å². The second-order valence-electron chi connectivity index (χ2n) is 5.71. The number of aryl methyl sites for hydroxylation is 1. The molecular formula is C14H21N5. The summed E-state index contributed by atoms with van der Waals surface area (Å²) in [6.45, 7) is 8.81. The van der Waals surface area contributed by atoms with Gasteiger partial charge < -0.3 is 4.90 Å². The standard InChI is InChI=1S/C14H21N5/c1-10(2)18-8-6-12(7-9-18)14-16-15-13-5-4-11(3)17-19(13)14/h4-5,10,12H,6-9H2,1-3H3. The summed E-state index contributed by atoms with van der Waals surface area (Å²) in [6.07, 6.45) is 2.29. The Balaban J connectivity index is 1.84. The minimum Gasteiger partial charge on any atom is -0.301 e. The first-order chi connectivity index (χ1) is 9.15. The van der Waals surface area contributed by atoms with Crippen molar-refractivity contribution >= 4 is 5.65 Å². The van der Waals surface area contributed by atoms with Crippen molar-refractivity contribution < 1.29 is 0 Å². The van der Waals surface area contributed by atoms with Gasteiger partial charge in [0.05, 0.1) is 5.69 Å². The van der Waals surface area contributed by atoms with E-state index in [2.05, 4.69) is 34.0 Å². The van der Waals surface area contributed by atoms with Crippen LogP contribution in [-0.4, -0.2) is 43.8 Å². The van der Waals surface area contributed by atoms with Gasteiger partial charge in [0.2, 0.25) is 0 Å². The summed E-state index contributed by atoms with van der Waals surface area (Å²) in [5.41, 5.74) is 1.86. The molecule has 0 atom stereocenters. The van der Waals surface area contributed by atoms with Crippen LogP contribution in [0.2, 0.25) is 0 Å². The highest BCUT2D eigenvalue weighted by Crippen LogP contribution is 2.27. The van der Waals surface area contributed by atoms with Crippen LogP contribution >= 0.6 is 0 Å². The van der Waals surface area contributed by atoms with E-state index in [1.54, 1.807) is 0 Å². The van der Waals surface area contributed by atoms with E-state index in [4.69, 9.17) is 0 Å². The van der Waals surface area contributed by atoms with Crippen molar-refractivity contribution in [2.45, 2.75) is 45.6 Å². The van der Waals surface area contributed by atoms with E-state index in [1.807, 2.05) is 23.6 Å². The van der Waals surface area contributed by atoms with Crippen molar-refractivity contribution in [3.63, 3.8) is 0 Å². The molecule has 0 amide bonds. The van der Waals surface area contributed by atoms with Gasteiger partial charge in [-0.25, -0.2) is 0 Å². The molecule has 19 heavy (non-hydrogen) atoms. The maximum absolute atomic E-state index is 4.54. The number of fused-ring (bicyclic) bond motifs is 1. The zero-order chi connectivity index (χ0) is 13.4. The zero-order valence-electron chi connectivity index (χ0n) is 11.9. The molecule has 5 nitrogen and oxygen atoms in total. The number of piperidine rings is 1. The summed E-state index contributed by atoms with van der Waals surface area (Å²) < 4.78 is 1.92. The predicted molar refractivity (Wildman–Crippen MR) is 74.2 cm³/mol. The highest BCUT2D eigenvalue weighted by molar-refractivity contribution is 5.36. The molecular weight excluding hydrogens is 238 g/mol. The molecule has 0 aliphatic carbocycles. The fraction of sp³-hybridized carbons (Fsp3) is 0.643. The van der Waals surface area contributed by atoms with Crippen LogP contribution in [0.4, 0.5) is 0 Å². The van der Waals surface area contributed by atoms with E-state index in [9.17, 15) is 0 Å². The fourth-order valence-electron chi connectivity index (χ4n) is 2.83. The molecule has 1 aliphatic heterocycles. The molecule has 3 heterocycles. The summed E-state index contributed by atoms with van der Waals surface area (Å²) >= 11 is 0. The summed E-state index contributed by atoms with van der Waals surface area (Å²) in [4.78, 5) is 2.53. The second kappa shape index (κ2) is 4.89. The molecule has 3 rings (SSSR count). The smallest absolute Gasteiger partial charge is 0.177 e. The first kappa shape index (κ1) is 12.5. The predicted octanol–water partition coefficient (Wildman–Crippen LogP) is 2.02. The molecule has 0 spiro atoms. The van der Waals surface area contributed by atoms with Crippen LogP contribution in [0.25, 0.3) is 5.65 Å². The van der Waals surface area contributed by atoms with Gasteiger partial charge in [-0.1, -0.05) is 0 Å². The summed E-state index contributed by atoms with van der Waals surface area (Å²) in [5, 5.41) is 13.1. The van der Waals surface area contributed by atoms with Crippen LogP contribution in [0.5, 0.6) is 0 Å². The van der Waals surface area contributed by atoms with Gasteiger partial charge in [0.25, 0.3) is 0 Å². The Labute approximate surface area is 113 Å². The summed E-state index contributed by atoms with van der Waals surface area (Å²) in [5.74, 6) is 1.52. The highest BCUT2D eigenvalue weighted by atomic mass is 15.4. The SMILES string of the molecule is Cc1ccc2nnc(C3CCN(C(C)C)CC3)n2n1. The number of aromatic nitrogens is 4. The molecule has 5 heteroatoms. The van der Waals surface area contributed by atoms with E-state index < -0.39 is 0 Å². The van der Waals surface area contributed by atoms with E-state index in [-0.39, 0.29) is 0 Å². The Kier molecular flexibility index (Phi) is 3.22. The van der Waals surface area contributed by atoms with Crippen molar-refractivity contribution in [3.05, 3.63) is 23.7 Å². The van der Waals surface area contributed by atoms with Crippen LogP contribution < -0.4 is 0 Å². The first-order valence-corrected chi connectivity index (χ1v) is 7.08. The number of nitrogens with zero attached hydrogens (tertiary/aromatic N) is 5. The van der Waals surface area contributed by atoms with Gasteiger partial charge in [0.1, 0.15) is 0 Å². The van der Waals surface area contributed by atoms with Crippen LogP contribution in [-0.2, 0) is 0 Å². The Morgan fingerprint density at radius 2 is 1.89 bits per heavy atom. The van der Waals surface area contributed by atoms with Gasteiger partial charge in [-0.15, -0.1) is 10.2 Å². The molecule has 102 valence electrons. The molecule has 0 saturated carbocycles. The highest BCUT2D eigenvalue weighted by Gasteiger charge is 2.25. The van der Waals surface area contributed by atoms with Crippen molar-refractivity contribution in [1.29, 1.82) is 0 Å². The lowest BCUT2D eigenvalue weighted by molar-refractivity contribution is 0.169. The van der Waals surface area contributed by atoms with E-state index in [1.165, 1.54) is 0 Å². The number of likely N-dealkylation sites (tertiary alicyclic amines) is 1. The van der Waals surface area contributed by atoms with Crippen LogP contribution in [0.15, 0.2) is 12.1 Å². The number of rotatable bonds is 2. The van der Waals surface area contributed by atoms with Gasteiger partial charge in [-0.2, -0.15) is 9.61 Å². The van der Waals surface area contributed by atoms with Crippen molar-refractivity contribution in [2.24, 2.45) is 0 Å². The molecule has 1 saturated heterocycles. The van der Waals surface area contributed by atoms with Gasteiger partial charge in [0.15, 0.2) is 11.5 Å². The van der Waals surface area contributed by atoms with Gasteiger partial charge in [0, 0.05) is 12.0 Å². The Morgan fingerprint density at radius 1 is 1.16 bits per heavy atom. The third kappa shape index (κ3) is 2.34. The molecule has 1 aliphatic rings. The lowest BCUT2D eigenvalue weighted by Gasteiger charge is -2.33. The minimum atomic E-state index is 0.485. The molecule has 0 N–H and O–H groups in total. The summed E-state index contributed by atoms with van der Waals surface area (Å²) in [7, 11) is 0. The third-order valence-electron chi connectivity index (χ3n) is 4.05. The molecule has 1 fully saturated rings. The van der Waals surface area contributed by atoms with Crippen LogP contribution in [0.3, 0.4) is 0 Å². The van der Waals surface area contributed by atoms with Crippen molar-refractivity contribution in [3.8, 4) is 0 Å². The molecule has 0 radical (unpaired) electrons. The molecule has 2 aromatic rings. The second-order valence-corrected chi connectivity index (χ2v) is 5.71. The Morgan fingerprint density at radius 3 is 2.58 bits per heavy atom. The number of hydrogen-bond acceptors (Lipinski definition) is 4.